The molecule has 1 aromatic heterocycles. The average molecular weight is 530 g/mol. The van der Waals surface area contributed by atoms with Crippen molar-refractivity contribution in [2.75, 3.05) is 26.2 Å². The second-order valence-corrected chi connectivity index (χ2v) is 10.6. The maximum absolute atomic E-state index is 12.4. The van der Waals surface area contributed by atoms with E-state index in [1.165, 1.54) is 12.3 Å². The lowest BCUT2D eigenvalue weighted by Gasteiger charge is -2.45. The van der Waals surface area contributed by atoms with Crippen LogP contribution >= 0.6 is 0 Å². The summed E-state index contributed by atoms with van der Waals surface area (Å²) in [7, 11) is 0. The van der Waals surface area contributed by atoms with Gasteiger partial charge in [-0.1, -0.05) is 30.3 Å². The van der Waals surface area contributed by atoms with Gasteiger partial charge in [-0.3, -0.25) is 9.69 Å². The second kappa shape index (κ2) is 11.2. The van der Waals surface area contributed by atoms with Crippen molar-refractivity contribution in [2.45, 2.75) is 69.6 Å². The van der Waals surface area contributed by atoms with Gasteiger partial charge < -0.3 is 33.2 Å². The summed E-state index contributed by atoms with van der Waals surface area (Å²) < 4.78 is 34.4. The summed E-state index contributed by atoms with van der Waals surface area (Å²) in [5, 5.41) is 11.1. The van der Waals surface area contributed by atoms with Crippen molar-refractivity contribution < 1.29 is 42.8 Å². The smallest absolute Gasteiger partial charge is 0.374 e. The Bertz CT molecular complexity index is 1080. The van der Waals surface area contributed by atoms with Crippen LogP contribution in [0.15, 0.2) is 53.1 Å². The highest BCUT2D eigenvalue weighted by Gasteiger charge is 2.62. The van der Waals surface area contributed by atoms with Crippen LogP contribution in [0.4, 0.5) is 0 Å². The van der Waals surface area contributed by atoms with Gasteiger partial charge in [0.15, 0.2) is 11.9 Å². The molecule has 38 heavy (non-hydrogen) atoms. The van der Waals surface area contributed by atoms with E-state index >= 15 is 0 Å². The number of fused-ring (bicyclic) bond motifs is 1. The van der Waals surface area contributed by atoms with E-state index in [0.717, 1.165) is 31.5 Å². The van der Waals surface area contributed by atoms with Crippen LogP contribution in [0.2, 0.25) is 0 Å². The Morgan fingerprint density at radius 3 is 2.58 bits per heavy atom. The number of aliphatic hydroxyl groups is 1. The lowest BCUT2D eigenvalue weighted by Crippen LogP contribution is -2.64. The van der Waals surface area contributed by atoms with E-state index in [0.29, 0.717) is 13.0 Å². The zero-order chi connectivity index (χ0) is 26.8. The summed E-state index contributed by atoms with van der Waals surface area (Å²) in [6, 6.07) is 12.7. The Hall–Kier alpha value is -2.76. The number of furan rings is 1. The number of hydrogen-bond donors (Lipinski definition) is 1. The van der Waals surface area contributed by atoms with Crippen LogP contribution in [-0.4, -0.2) is 78.1 Å². The third-order valence-electron chi connectivity index (χ3n) is 7.28. The van der Waals surface area contributed by atoms with Crippen molar-refractivity contribution in [3.63, 3.8) is 0 Å². The lowest BCUT2D eigenvalue weighted by atomic mass is 9.91. The van der Waals surface area contributed by atoms with E-state index in [2.05, 4.69) is 4.90 Å². The van der Waals surface area contributed by atoms with Gasteiger partial charge in [0.25, 0.3) is 0 Å². The molecule has 0 unspecified atom stereocenters. The fourth-order valence-corrected chi connectivity index (χ4v) is 5.41. The molecule has 3 saturated heterocycles. The molecular weight excluding hydrogens is 494 g/mol. The maximum Gasteiger partial charge on any atom is 0.374 e. The molecule has 0 aliphatic carbocycles. The van der Waals surface area contributed by atoms with Crippen molar-refractivity contribution in [2.24, 2.45) is 5.92 Å². The second-order valence-electron chi connectivity index (χ2n) is 10.6. The summed E-state index contributed by atoms with van der Waals surface area (Å²) in [6.45, 7) is 5.62. The molecule has 4 atom stereocenters. The number of nitrogens with zero attached hydrogens (tertiary/aromatic N) is 1. The maximum atomic E-state index is 12.4. The molecule has 0 bridgehead atoms. The molecular formula is C28H35NO9. The van der Waals surface area contributed by atoms with Gasteiger partial charge in [0.1, 0.15) is 18.8 Å². The molecule has 3 fully saturated rings. The van der Waals surface area contributed by atoms with Crippen molar-refractivity contribution in [3.8, 4) is 0 Å². The summed E-state index contributed by atoms with van der Waals surface area (Å²) in [6.07, 6.45) is 0.486. The van der Waals surface area contributed by atoms with Gasteiger partial charge in [-0.05, 0) is 63.4 Å². The number of aliphatic hydroxyl groups excluding tert-OH is 1. The molecule has 0 radical (unpaired) electrons. The Balaban J connectivity index is 1.14. The molecule has 1 N–H and O–H groups in total. The number of hydrogen-bond acceptors (Lipinski definition) is 10. The summed E-state index contributed by atoms with van der Waals surface area (Å²) >= 11 is 0. The number of rotatable bonds is 8. The van der Waals surface area contributed by atoms with E-state index in [4.69, 9.17) is 28.1 Å². The third-order valence-corrected chi connectivity index (χ3v) is 7.28. The quantitative estimate of drug-likeness (QED) is 0.512. The Labute approximate surface area is 221 Å². The molecule has 4 heterocycles. The van der Waals surface area contributed by atoms with E-state index in [1.54, 1.807) is 19.9 Å². The summed E-state index contributed by atoms with van der Waals surface area (Å²) in [5.74, 6) is -2.79. The highest BCUT2D eigenvalue weighted by atomic mass is 16.8. The highest BCUT2D eigenvalue weighted by Crippen LogP contribution is 2.44. The van der Waals surface area contributed by atoms with Gasteiger partial charge >= 0.3 is 11.9 Å². The fourth-order valence-electron chi connectivity index (χ4n) is 5.41. The molecule has 2 aromatic rings. The first-order valence-electron chi connectivity index (χ1n) is 13.1. The highest BCUT2D eigenvalue weighted by molar-refractivity contribution is 5.86. The van der Waals surface area contributed by atoms with E-state index in [9.17, 15) is 14.7 Å². The number of carbonyl (C=O) groups excluding carboxylic acids is 2. The van der Waals surface area contributed by atoms with Crippen LogP contribution in [0.3, 0.4) is 0 Å². The molecule has 0 saturated carbocycles. The molecule has 0 spiro atoms. The van der Waals surface area contributed by atoms with Gasteiger partial charge in [-0.2, -0.15) is 0 Å². The first kappa shape index (κ1) is 26.8. The largest absolute Gasteiger partial charge is 0.461 e. The predicted molar refractivity (Wildman–Crippen MR) is 133 cm³/mol. The monoisotopic (exact) mass is 529 g/mol. The average Bonchev–Trinajstić information content (AvgIpc) is 3.53. The lowest BCUT2D eigenvalue weighted by molar-refractivity contribution is -0.297. The van der Waals surface area contributed by atoms with E-state index in [1.807, 2.05) is 30.3 Å². The summed E-state index contributed by atoms with van der Waals surface area (Å²) in [5.41, 5.74) is 0.971. The molecule has 10 heteroatoms. The van der Waals surface area contributed by atoms with Gasteiger partial charge in [0, 0.05) is 6.42 Å². The molecule has 5 rings (SSSR count). The Kier molecular flexibility index (Phi) is 7.88. The molecule has 1 aromatic carbocycles. The zero-order valence-corrected chi connectivity index (χ0v) is 21.7. The SMILES string of the molecule is CC1(C)O[C@H]2[C@H](O)[C@H](OC(=O)c3ccco3)CO[C@@]2(CN2CCC(CC(=O)OCc3ccccc3)CC2)O1. The van der Waals surface area contributed by atoms with E-state index < -0.39 is 35.9 Å². The first-order chi connectivity index (χ1) is 18.2. The molecule has 10 nitrogen and oxygen atoms in total. The third kappa shape index (κ3) is 6.10. The first-order valence-corrected chi connectivity index (χ1v) is 13.1. The minimum Gasteiger partial charge on any atom is -0.461 e. The van der Waals surface area contributed by atoms with E-state index in [-0.39, 0.29) is 30.9 Å². The summed E-state index contributed by atoms with van der Waals surface area (Å²) in [4.78, 5) is 26.9. The van der Waals surface area contributed by atoms with Crippen molar-refractivity contribution >= 4 is 11.9 Å². The normalized spacial score (nSPS) is 29.5. The van der Waals surface area contributed by atoms with Crippen LogP contribution in [0.1, 0.15) is 49.2 Å². The van der Waals surface area contributed by atoms with Crippen LogP contribution in [0, 0.1) is 5.92 Å². The van der Waals surface area contributed by atoms with Crippen LogP contribution in [0.5, 0.6) is 0 Å². The number of benzene rings is 1. The number of ether oxygens (including phenoxy) is 5. The standard InChI is InChI=1S/C28H35NO9/c1-27(2)37-25-24(31)22(36-26(32)21-9-6-14-33-21)17-35-28(25,38-27)18-29-12-10-19(11-13-29)15-23(30)34-16-20-7-4-3-5-8-20/h3-9,14,19,22,24-25,31H,10-13,15-18H2,1-2H3/t22-,24-,25+,28+/m1/s1. The number of piperidine rings is 1. The van der Waals surface area contributed by atoms with Crippen LogP contribution in [0.25, 0.3) is 0 Å². The number of carbonyl (C=O) groups is 2. The van der Waals surface area contributed by atoms with Gasteiger partial charge in [-0.25, -0.2) is 4.79 Å². The Morgan fingerprint density at radius 1 is 1.11 bits per heavy atom. The number of likely N-dealkylation sites (tertiary alicyclic amines) is 1. The molecule has 206 valence electrons. The van der Waals surface area contributed by atoms with Crippen molar-refractivity contribution in [1.29, 1.82) is 0 Å². The van der Waals surface area contributed by atoms with Crippen LogP contribution in [-0.2, 0) is 35.1 Å². The minimum absolute atomic E-state index is 0.0461. The van der Waals surface area contributed by atoms with Gasteiger partial charge in [-0.15, -0.1) is 0 Å². The molecule has 3 aliphatic heterocycles. The molecule has 0 amide bonds. The number of esters is 2. The Morgan fingerprint density at radius 2 is 1.87 bits per heavy atom. The molecule has 3 aliphatic rings. The van der Waals surface area contributed by atoms with Gasteiger partial charge in [0.2, 0.25) is 11.5 Å². The topological polar surface area (TPSA) is 117 Å². The van der Waals surface area contributed by atoms with Gasteiger partial charge in [0.05, 0.1) is 19.4 Å². The van der Waals surface area contributed by atoms with Crippen molar-refractivity contribution in [1.82, 2.24) is 4.90 Å². The zero-order valence-electron chi connectivity index (χ0n) is 21.7. The predicted octanol–water partition coefficient (Wildman–Crippen LogP) is 2.89. The van der Waals surface area contributed by atoms with Crippen molar-refractivity contribution in [3.05, 3.63) is 60.1 Å². The minimum atomic E-state index is -1.21. The fraction of sp³-hybridized carbons (Fsp3) is 0.571. The van der Waals surface area contributed by atoms with Crippen LogP contribution < -0.4 is 0 Å².